The maximum absolute atomic E-state index is 13.1. The number of ether oxygens (including phenoxy) is 1. The third kappa shape index (κ3) is 6.80. The van der Waals surface area contributed by atoms with Crippen LogP contribution >= 0.6 is 0 Å². The van der Waals surface area contributed by atoms with Gasteiger partial charge in [-0.3, -0.25) is 14.4 Å². The SMILES string of the molecule is CCC(=O)NS(=O)(=O)c1ccc(NC(=O)COc2ccccc2C(=O)c2cc(C)cc(C#N)c2)c(C)c1. The van der Waals surface area contributed by atoms with Crippen LogP contribution in [0.25, 0.3) is 0 Å². The van der Waals surface area contributed by atoms with Gasteiger partial charge < -0.3 is 10.1 Å². The van der Waals surface area contributed by atoms with Gasteiger partial charge in [0.15, 0.2) is 12.4 Å². The summed E-state index contributed by atoms with van der Waals surface area (Å²) in [5.74, 6) is -1.30. The van der Waals surface area contributed by atoms with E-state index in [4.69, 9.17) is 4.74 Å². The fourth-order valence-corrected chi connectivity index (χ4v) is 4.61. The van der Waals surface area contributed by atoms with Gasteiger partial charge in [-0.05, 0) is 73.5 Å². The lowest BCUT2D eigenvalue weighted by atomic mass is 9.99. The Morgan fingerprint density at radius 2 is 1.70 bits per heavy atom. The largest absolute Gasteiger partial charge is 0.483 e. The number of anilines is 1. The molecule has 0 heterocycles. The molecule has 2 amide bonds. The Hall–Kier alpha value is -4.49. The zero-order valence-corrected chi connectivity index (χ0v) is 21.3. The Morgan fingerprint density at radius 1 is 0.973 bits per heavy atom. The first-order valence-corrected chi connectivity index (χ1v) is 12.8. The van der Waals surface area contributed by atoms with Gasteiger partial charge in [0.1, 0.15) is 5.75 Å². The summed E-state index contributed by atoms with van der Waals surface area (Å²) in [5.41, 5.74) is 2.53. The van der Waals surface area contributed by atoms with Crippen LogP contribution in [0.15, 0.2) is 65.6 Å². The van der Waals surface area contributed by atoms with Gasteiger partial charge in [0.05, 0.1) is 22.1 Å². The number of hydrogen-bond donors (Lipinski definition) is 2. The number of carbonyl (C=O) groups is 3. The highest BCUT2D eigenvalue weighted by atomic mass is 32.2. The lowest BCUT2D eigenvalue weighted by Crippen LogP contribution is -2.29. The quantitative estimate of drug-likeness (QED) is 0.411. The predicted molar refractivity (Wildman–Crippen MR) is 137 cm³/mol. The number of amides is 2. The molecule has 0 aliphatic heterocycles. The molecule has 3 aromatic carbocycles. The second-order valence-corrected chi connectivity index (χ2v) is 9.90. The van der Waals surface area contributed by atoms with E-state index in [2.05, 4.69) is 5.32 Å². The molecule has 0 saturated carbocycles. The maximum atomic E-state index is 13.1. The fourth-order valence-electron chi connectivity index (χ4n) is 3.47. The molecule has 3 rings (SSSR count). The lowest BCUT2D eigenvalue weighted by Gasteiger charge is -2.13. The van der Waals surface area contributed by atoms with E-state index >= 15 is 0 Å². The number of hydrogen-bond acceptors (Lipinski definition) is 7. The average Bonchev–Trinajstić information content (AvgIpc) is 2.87. The van der Waals surface area contributed by atoms with E-state index in [1.165, 1.54) is 31.2 Å². The van der Waals surface area contributed by atoms with E-state index in [0.29, 0.717) is 22.4 Å². The highest BCUT2D eigenvalue weighted by Gasteiger charge is 2.19. The molecule has 0 spiro atoms. The molecule has 9 nitrogen and oxygen atoms in total. The van der Waals surface area contributed by atoms with E-state index in [9.17, 15) is 28.1 Å². The Morgan fingerprint density at radius 3 is 2.38 bits per heavy atom. The highest BCUT2D eigenvalue weighted by Crippen LogP contribution is 2.24. The van der Waals surface area contributed by atoms with Crippen LogP contribution in [0.1, 0.15) is 46.0 Å². The first-order valence-electron chi connectivity index (χ1n) is 11.3. The molecule has 0 aliphatic rings. The molecule has 3 aromatic rings. The minimum Gasteiger partial charge on any atom is -0.483 e. The van der Waals surface area contributed by atoms with Crippen molar-refractivity contribution in [3.63, 3.8) is 0 Å². The second kappa shape index (κ2) is 11.5. The summed E-state index contributed by atoms with van der Waals surface area (Å²) in [6.45, 7) is 4.53. The molecule has 0 bridgehead atoms. The normalized spacial score (nSPS) is 10.8. The lowest BCUT2D eigenvalue weighted by molar-refractivity contribution is -0.119. The molecule has 0 atom stereocenters. The number of aryl methyl sites for hydroxylation is 2. The van der Waals surface area contributed by atoms with Gasteiger partial charge in [-0.25, -0.2) is 13.1 Å². The molecule has 0 aromatic heterocycles. The summed E-state index contributed by atoms with van der Waals surface area (Å²) in [6, 6.07) is 17.4. The van der Waals surface area contributed by atoms with E-state index in [1.54, 1.807) is 50.2 Å². The van der Waals surface area contributed by atoms with Gasteiger partial charge in [-0.15, -0.1) is 0 Å². The smallest absolute Gasteiger partial charge is 0.264 e. The summed E-state index contributed by atoms with van der Waals surface area (Å²) in [7, 11) is -4.02. The van der Waals surface area contributed by atoms with Crippen molar-refractivity contribution in [2.75, 3.05) is 11.9 Å². The van der Waals surface area contributed by atoms with Crippen molar-refractivity contribution >= 4 is 33.3 Å². The minimum absolute atomic E-state index is 0.0208. The molecule has 37 heavy (non-hydrogen) atoms. The third-order valence-electron chi connectivity index (χ3n) is 5.31. The van der Waals surface area contributed by atoms with Gasteiger partial charge in [0.2, 0.25) is 5.91 Å². The zero-order chi connectivity index (χ0) is 27.2. The van der Waals surface area contributed by atoms with Gasteiger partial charge in [0.25, 0.3) is 15.9 Å². The van der Waals surface area contributed by atoms with Crippen LogP contribution in [-0.4, -0.2) is 32.6 Å². The van der Waals surface area contributed by atoms with E-state index in [-0.39, 0.29) is 28.4 Å². The minimum atomic E-state index is -4.02. The van der Waals surface area contributed by atoms with Gasteiger partial charge >= 0.3 is 0 Å². The highest BCUT2D eigenvalue weighted by molar-refractivity contribution is 7.90. The van der Waals surface area contributed by atoms with E-state index < -0.39 is 28.4 Å². The van der Waals surface area contributed by atoms with Crippen LogP contribution in [-0.2, 0) is 19.6 Å². The average molecular weight is 520 g/mol. The Kier molecular flexibility index (Phi) is 8.42. The van der Waals surface area contributed by atoms with Crippen molar-refractivity contribution in [1.29, 1.82) is 5.26 Å². The predicted octanol–water partition coefficient (Wildman–Crippen LogP) is 3.64. The molecular formula is C27H25N3O6S. The van der Waals surface area contributed by atoms with Gasteiger partial charge in [-0.2, -0.15) is 5.26 Å². The molecular weight excluding hydrogens is 494 g/mol. The van der Waals surface area contributed by atoms with Crippen molar-refractivity contribution in [3.05, 3.63) is 88.5 Å². The Balaban J connectivity index is 1.71. The molecule has 0 fully saturated rings. The molecule has 10 heteroatoms. The summed E-state index contributed by atoms with van der Waals surface area (Å²) in [4.78, 5) is 37.0. The summed E-state index contributed by atoms with van der Waals surface area (Å²) < 4.78 is 32.2. The van der Waals surface area contributed by atoms with Crippen LogP contribution < -0.4 is 14.8 Å². The number of nitriles is 1. The standard InChI is InChI=1S/C27H25N3O6S/c1-4-25(31)30-37(34,35)21-9-10-23(18(3)13-21)29-26(32)16-36-24-8-6-5-7-22(24)27(33)20-12-17(2)11-19(14-20)15-28/h5-14H,4,16H2,1-3H3,(H,29,32)(H,30,31). The van der Waals surface area contributed by atoms with Gasteiger partial charge in [-0.1, -0.05) is 19.1 Å². The number of ketones is 1. The fraction of sp³-hybridized carbons (Fsp3) is 0.185. The van der Waals surface area contributed by atoms with Crippen molar-refractivity contribution < 1.29 is 27.5 Å². The van der Waals surface area contributed by atoms with E-state index in [0.717, 1.165) is 5.56 Å². The molecule has 2 N–H and O–H groups in total. The number of nitrogens with zero attached hydrogens (tertiary/aromatic N) is 1. The number of rotatable bonds is 9. The Labute approximate surface area is 215 Å². The monoisotopic (exact) mass is 519 g/mol. The number of sulfonamides is 1. The van der Waals surface area contributed by atoms with Crippen LogP contribution in [0.5, 0.6) is 5.75 Å². The van der Waals surface area contributed by atoms with Crippen molar-refractivity contribution in [2.45, 2.75) is 32.1 Å². The Bertz CT molecular complexity index is 1520. The summed E-state index contributed by atoms with van der Waals surface area (Å²) >= 11 is 0. The molecule has 0 radical (unpaired) electrons. The van der Waals surface area contributed by atoms with Crippen molar-refractivity contribution in [3.8, 4) is 11.8 Å². The summed E-state index contributed by atoms with van der Waals surface area (Å²) in [6.07, 6.45) is 0.0208. The third-order valence-corrected chi connectivity index (χ3v) is 6.68. The number of benzene rings is 3. The first kappa shape index (κ1) is 27.1. The second-order valence-electron chi connectivity index (χ2n) is 8.22. The number of carbonyl (C=O) groups excluding carboxylic acids is 3. The van der Waals surface area contributed by atoms with Gasteiger partial charge in [0, 0.05) is 17.7 Å². The van der Waals surface area contributed by atoms with Crippen LogP contribution in [0.4, 0.5) is 5.69 Å². The topological polar surface area (TPSA) is 142 Å². The maximum Gasteiger partial charge on any atom is 0.264 e. The van der Waals surface area contributed by atoms with Crippen LogP contribution in [0, 0.1) is 25.2 Å². The van der Waals surface area contributed by atoms with Crippen LogP contribution in [0.2, 0.25) is 0 Å². The number of para-hydroxylation sites is 1. The zero-order valence-electron chi connectivity index (χ0n) is 20.5. The summed E-state index contributed by atoms with van der Waals surface area (Å²) in [5, 5.41) is 11.8. The van der Waals surface area contributed by atoms with Crippen molar-refractivity contribution in [1.82, 2.24) is 4.72 Å². The van der Waals surface area contributed by atoms with Crippen molar-refractivity contribution in [2.24, 2.45) is 0 Å². The molecule has 0 unspecified atom stereocenters. The molecule has 0 aliphatic carbocycles. The molecule has 190 valence electrons. The molecule has 0 saturated heterocycles. The van der Waals surface area contributed by atoms with Crippen LogP contribution in [0.3, 0.4) is 0 Å². The number of nitrogens with one attached hydrogen (secondary N) is 2. The van der Waals surface area contributed by atoms with E-state index in [1.807, 2.05) is 10.8 Å². The first-order chi connectivity index (χ1) is 17.5.